The first kappa shape index (κ1) is 13.0. The SMILES string of the molecule is NC1CCCC(c2ncc(-c3cc4ccccc4s3)[nH]2)C1. The van der Waals surface area contributed by atoms with Gasteiger partial charge in [0.2, 0.25) is 0 Å². The van der Waals surface area contributed by atoms with Crippen LogP contribution in [-0.2, 0) is 0 Å². The maximum Gasteiger partial charge on any atom is 0.109 e. The van der Waals surface area contributed by atoms with Gasteiger partial charge in [0.1, 0.15) is 5.82 Å². The minimum atomic E-state index is 0.335. The molecule has 108 valence electrons. The molecular formula is C17H19N3S. The van der Waals surface area contributed by atoms with E-state index in [0.717, 1.165) is 24.4 Å². The van der Waals surface area contributed by atoms with Crippen molar-refractivity contribution < 1.29 is 0 Å². The molecule has 2 unspecified atom stereocenters. The lowest BCUT2D eigenvalue weighted by atomic mass is 9.86. The number of hydrogen-bond donors (Lipinski definition) is 2. The van der Waals surface area contributed by atoms with E-state index in [1.54, 1.807) is 0 Å². The molecule has 21 heavy (non-hydrogen) atoms. The molecule has 0 amide bonds. The summed E-state index contributed by atoms with van der Waals surface area (Å²) in [4.78, 5) is 9.40. The predicted molar refractivity (Wildman–Crippen MR) is 88.6 cm³/mol. The van der Waals surface area contributed by atoms with Crippen LogP contribution in [0.15, 0.2) is 36.5 Å². The van der Waals surface area contributed by atoms with Crippen molar-refractivity contribution in [2.45, 2.75) is 37.6 Å². The van der Waals surface area contributed by atoms with Crippen LogP contribution in [0.25, 0.3) is 20.7 Å². The minimum Gasteiger partial charge on any atom is -0.341 e. The number of fused-ring (bicyclic) bond motifs is 1. The molecule has 3 aromatic rings. The summed E-state index contributed by atoms with van der Waals surface area (Å²) >= 11 is 1.81. The Hall–Kier alpha value is -1.65. The number of thiophene rings is 1. The van der Waals surface area contributed by atoms with E-state index in [1.165, 1.54) is 27.8 Å². The summed E-state index contributed by atoms with van der Waals surface area (Å²) < 4.78 is 1.32. The number of nitrogens with zero attached hydrogens (tertiary/aromatic N) is 1. The lowest BCUT2D eigenvalue weighted by molar-refractivity contribution is 0.383. The molecule has 0 spiro atoms. The van der Waals surface area contributed by atoms with E-state index in [0.29, 0.717) is 12.0 Å². The van der Waals surface area contributed by atoms with E-state index in [9.17, 15) is 0 Å². The number of nitrogens with two attached hydrogens (primary N) is 1. The summed E-state index contributed by atoms with van der Waals surface area (Å²) in [6, 6.07) is 11.1. The third kappa shape index (κ3) is 2.49. The highest BCUT2D eigenvalue weighted by atomic mass is 32.1. The molecule has 1 aromatic carbocycles. The molecule has 0 aliphatic heterocycles. The zero-order valence-corrected chi connectivity index (χ0v) is 12.7. The first-order valence-corrected chi connectivity index (χ1v) is 8.40. The summed E-state index contributed by atoms with van der Waals surface area (Å²) in [5.41, 5.74) is 7.22. The predicted octanol–water partition coefficient (Wildman–Crippen LogP) is 4.28. The zero-order chi connectivity index (χ0) is 14.2. The number of nitrogens with one attached hydrogen (secondary N) is 1. The van der Waals surface area contributed by atoms with Crippen LogP contribution >= 0.6 is 11.3 Å². The Morgan fingerprint density at radius 2 is 2.14 bits per heavy atom. The van der Waals surface area contributed by atoms with Crippen LogP contribution in [0.4, 0.5) is 0 Å². The number of aromatic nitrogens is 2. The number of aromatic amines is 1. The van der Waals surface area contributed by atoms with Crippen molar-refractivity contribution in [3.05, 3.63) is 42.4 Å². The summed E-state index contributed by atoms with van der Waals surface area (Å²) in [7, 11) is 0. The van der Waals surface area contributed by atoms with E-state index < -0.39 is 0 Å². The van der Waals surface area contributed by atoms with Gasteiger partial charge in [-0.3, -0.25) is 0 Å². The molecule has 2 atom stereocenters. The van der Waals surface area contributed by atoms with Gasteiger partial charge in [-0.1, -0.05) is 24.6 Å². The lowest BCUT2D eigenvalue weighted by Gasteiger charge is -2.24. The van der Waals surface area contributed by atoms with E-state index in [1.807, 2.05) is 17.5 Å². The Bertz CT molecular complexity index is 725. The van der Waals surface area contributed by atoms with E-state index in [2.05, 4.69) is 40.3 Å². The average Bonchev–Trinajstić information content (AvgIpc) is 3.14. The highest BCUT2D eigenvalue weighted by molar-refractivity contribution is 7.22. The summed E-state index contributed by atoms with van der Waals surface area (Å²) in [6.45, 7) is 0. The van der Waals surface area contributed by atoms with Gasteiger partial charge < -0.3 is 10.7 Å². The van der Waals surface area contributed by atoms with Crippen molar-refractivity contribution in [2.75, 3.05) is 0 Å². The second-order valence-corrected chi connectivity index (χ2v) is 7.04. The molecule has 0 saturated heterocycles. The van der Waals surface area contributed by atoms with Crippen molar-refractivity contribution in [1.82, 2.24) is 9.97 Å². The minimum absolute atomic E-state index is 0.335. The Morgan fingerprint density at radius 3 is 3.00 bits per heavy atom. The fraction of sp³-hybridized carbons (Fsp3) is 0.353. The molecule has 3 nitrogen and oxygen atoms in total. The van der Waals surface area contributed by atoms with Crippen molar-refractivity contribution in [3.8, 4) is 10.6 Å². The fourth-order valence-electron chi connectivity index (χ4n) is 3.26. The Labute approximate surface area is 128 Å². The number of rotatable bonds is 2. The summed E-state index contributed by atoms with van der Waals surface area (Å²) in [5.74, 6) is 1.61. The second kappa shape index (κ2) is 5.28. The standard InChI is InChI=1S/C17H19N3S/c18-13-6-3-5-12(8-13)17-19-10-14(20-17)16-9-11-4-1-2-7-15(11)21-16/h1-2,4,7,9-10,12-13H,3,5-6,8,18H2,(H,19,20). The topological polar surface area (TPSA) is 54.7 Å². The smallest absolute Gasteiger partial charge is 0.109 e. The van der Waals surface area contributed by atoms with Crippen molar-refractivity contribution >= 4 is 21.4 Å². The number of imidazole rings is 1. The van der Waals surface area contributed by atoms with E-state index >= 15 is 0 Å². The molecule has 1 fully saturated rings. The van der Waals surface area contributed by atoms with E-state index in [4.69, 9.17) is 5.73 Å². The summed E-state index contributed by atoms with van der Waals surface area (Å²) in [6.07, 6.45) is 6.59. The Kier molecular flexibility index (Phi) is 3.28. The molecule has 2 aromatic heterocycles. The third-order valence-electron chi connectivity index (χ3n) is 4.39. The monoisotopic (exact) mass is 297 g/mol. The van der Waals surface area contributed by atoms with Gasteiger partial charge in [0, 0.05) is 16.7 Å². The molecule has 1 aliphatic carbocycles. The number of H-pyrrole nitrogens is 1. The normalized spacial score (nSPS) is 22.7. The Balaban J connectivity index is 1.64. The molecule has 4 rings (SSSR count). The quantitative estimate of drug-likeness (QED) is 0.742. The van der Waals surface area contributed by atoms with Gasteiger partial charge >= 0.3 is 0 Å². The van der Waals surface area contributed by atoms with Gasteiger partial charge in [-0.25, -0.2) is 4.98 Å². The van der Waals surface area contributed by atoms with Crippen LogP contribution in [-0.4, -0.2) is 16.0 Å². The molecule has 0 bridgehead atoms. The highest BCUT2D eigenvalue weighted by Crippen LogP contribution is 2.35. The van der Waals surface area contributed by atoms with Crippen molar-refractivity contribution in [1.29, 1.82) is 0 Å². The van der Waals surface area contributed by atoms with Gasteiger partial charge in [0.05, 0.1) is 16.8 Å². The van der Waals surface area contributed by atoms with Gasteiger partial charge in [-0.05, 0) is 36.8 Å². The molecule has 1 aliphatic rings. The first-order chi connectivity index (χ1) is 10.3. The first-order valence-electron chi connectivity index (χ1n) is 7.59. The van der Waals surface area contributed by atoms with Crippen LogP contribution in [0.5, 0.6) is 0 Å². The number of benzene rings is 1. The zero-order valence-electron chi connectivity index (χ0n) is 11.9. The van der Waals surface area contributed by atoms with Crippen LogP contribution in [0.1, 0.15) is 37.4 Å². The van der Waals surface area contributed by atoms with Crippen LogP contribution < -0.4 is 5.73 Å². The molecule has 2 heterocycles. The highest BCUT2D eigenvalue weighted by Gasteiger charge is 2.23. The Morgan fingerprint density at radius 1 is 1.24 bits per heavy atom. The fourth-order valence-corrected chi connectivity index (χ4v) is 4.29. The summed E-state index contributed by atoms with van der Waals surface area (Å²) in [5, 5.41) is 1.30. The van der Waals surface area contributed by atoms with Crippen LogP contribution in [0, 0.1) is 0 Å². The largest absolute Gasteiger partial charge is 0.341 e. The molecule has 0 radical (unpaired) electrons. The van der Waals surface area contributed by atoms with Crippen LogP contribution in [0.3, 0.4) is 0 Å². The number of hydrogen-bond acceptors (Lipinski definition) is 3. The van der Waals surface area contributed by atoms with Crippen molar-refractivity contribution in [2.24, 2.45) is 5.73 Å². The van der Waals surface area contributed by atoms with Crippen molar-refractivity contribution in [3.63, 3.8) is 0 Å². The third-order valence-corrected chi connectivity index (χ3v) is 5.54. The van der Waals surface area contributed by atoms with Gasteiger partial charge in [0.15, 0.2) is 0 Å². The molecular weight excluding hydrogens is 278 g/mol. The maximum atomic E-state index is 6.09. The van der Waals surface area contributed by atoms with Gasteiger partial charge in [0.25, 0.3) is 0 Å². The van der Waals surface area contributed by atoms with Gasteiger partial charge in [-0.2, -0.15) is 0 Å². The molecule has 3 N–H and O–H groups in total. The molecule has 4 heteroatoms. The second-order valence-electron chi connectivity index (χ2n) is 5.95. The molecule has 1 saturated carbocycles. The maximum absolute atomic E-state index is 6.09. The van der Waals surface area contributed by atoms with Gasteiger partial charge in [-0.15, -0.1) is 11.3 Å². The lowest BCUT2D eigenvalue weighted by Crippen LogP contribution is -2.27. The van der Waals surface area contributed by atoms with E-state index in [-0.39, 0.29) is 0 Å². The van der Waals surface area contributed by atoms with Crippen LogP contribution in [0.2, 0.25) is 0 Å². The average molecular weight is 297 g/mol.